The van der Waals surface area contributed by atoms with Crippen molar-refractivity contribution in [2.75, 3.05) is 0 Å². The highest BCUT2D eigenvalue weighted by Crippen LogP contribution is 2.35. The Balaban J connectivity index is 1.33. The average Bonchev–Trinajstić information content (AvgIpc) is 3.03. The first-order valence-corrected chi connectivity index (χ1v) is 13.5. The molecule has 6 aromatic carbocycles. The van der Waals surface area contributed by atoms with Gasteiger partial charge in [0.1, 0.15) is 0 Å². The summed E-state index contributed by atoms with van der Waals surface area (Å²) in [5.74, 6) is 0.721. The highest BCUT2D eigenvalue weighted by molar-refractivity contribution is 6.10. The molecule has 0 radical (unpaired) electrons. The van der Waals surface area contributed by atoms with Gasteiger partial charge in [0.15, 0.2) is 5.82 Å². The van der Waals surface area contributed by atoms with Crippen molar-refractivity contribution in [1.82, 2.24) is 15.0 Å². The van der Waals surface area contributed by atoms with Crippen molar-refractivity contribution in [3.63, 3.8) is 0 Å². The van der Waals surface area contributed by atoms with Gasteiger partial charge in [-0.1, -0.05) is 109 Å². The Morgan fingerprint density at radius 2 is 1.10 bits per heavy atom. The molecule has 0 fully saturated rings. The normalized spacial score (nSPS) is 11.5. The number of aromatic nitrogens is 3. The summed E-state index contributed by atoms with van der Waals surface area (Å²) in [6.07, 6.45) is 1.87. The van der Waals surface area contributed by atoms with Gasteiger partial charge in [-0.2, -0.15) is 0 Å². The van der Waals surface area contributed by atoms with Crippen molar-refractivity contribution in [3.05, 3.63) is 140 Å². The summed E-state index contributed by atoms with van der Waals surface area (Å²) in [4.78, 5) is 14.9. The lowest BCUT2D eigenvalue weighted by Gasteiger charge is -2.13. The molecule has 0 amide bonds. The van der Waals surface area contributed by atoms with E-state index in [0.717, 1.165) is 55.4 Å². The minimum Gasteiger partial charge on any atom is -0.256 e. The highest BCUT2D eigenvalue weighted by atomic mass is 14.9. The summed E-state index contributed by atoms with van der Waals surface area (Å²) in [5.41, 5.74) is 7.29. The summed E-state index contributed by atoms with van der Waals surface area (Å²) in [6, 6.07) is 46.7. The second kappa shape index (κ2) is 9.11. The zero-order valence-electron chi connectivity index (χ0n) is 21.6. The Hall–Kier alpha value is -5.41. The van der Waals surface area contributed by atoms with E-state index in [1.165, 1.54) is 21.7 Å². The third-order valence-electron chi connectivity index (χ3n) is 7.72. The highest BCUT2D eigenvalue weighted by Gasteiger charge is 2.15. The van der Waals surface area contributed by atoms with Gasteiger partial charge in [-0.25, -0.2) is 9.97 Å². The summed E-state index contributed by atoms with van der Waals surface area (Å²) >= 11 is 0. The van der Waals surface area contributed by atoms with E-state index in [9.17, 15) is 0 Å². The number of nitrogens with zero attached hydrogens (tertiary/aromatic N) is 3. The number of pyridine rings is 1. The molecule has 0 aliphatic carbocycles. The second-order valence-electron chi connectivity index (χ2n) is 10.1. The van der Waals surface area contributed by atoms with E-state index in [-0.39, 0.29) is 0 Å². The van der Waals surface area contributed by atoms with Crippen LogP contribution < -0.4 is 0 Å². The zero-order valence-corrected chi connectivity index (χ0v) is 21.6. The molecule has 0 bridgehead atoms. The van der Waals surface area contributed by atoms with Crippen LogP contribution in [0.5, 0.6) is 0 Å². The maximum absolute atomic E-state index is 5.19. The van der Waals surface area contributed by atoms with Gasteiger partial charge in [0, 0.05) is 33.5 Å². The van der Waals surface area contributed by atoms with Crippen molar-refractivity contribution in [2.45, 2.75) is 0 Å². The molecule has 0 saturated carbocycles. The monoisotopic (exact) mass is 509 g/mol. The zero-order chi connectivity index (χ0) is 26.5. The molecule has 0 aliphatic heterocycles. The fourth-order valence-electron chi connectivity index (χ4n) is 5.70. The standard InChI is InChI=1S/C37H23N3/c1-2-9-28-23-29(18-13-24(28)7-1)35-33-20-19-25-8-3-4-10-31(25)36(33)40-37(39-35)27-16-14-26(15-17-27)30-21-22-38-34-12-6-5-11-32(30)34/h1-23H. The number of fused-ring (bicyclic) bond motifs is 5. The van der Waals surface area contributed by atoms with Crippen molar-refractivity contribution in [2.24, 2.45) is 0 Å². The summed E-state index contributed by atoms with van der Waals surface area (Å²) in [5, 5.41) is 6.91. The minimum atomic E-state index is 0.721. The summed E-state index contributed by atoms with van der Waals surface area (Å²) in [7, 11) is 0. The second-order valence-corrected chi connectivity index (χ2v) is 10.1. The summed E-state index contributed by atoms with van der Waals surface area (Å²) < 4.78 is 0. The van der Waals surface area contributed by atoms with Crippen molar-refractivity contribution in [1.29, 1.82) is 0 Å². The maximum Gasteiger partial charge on any atom is 0.160 e. The molecule has 0 unspecified atom stereocenters. The number of benzene rings is 6. The van der Waals surface area contributed by atoms with Crippen LogP contribution >= 0.6 is 0 Å². The topological polar surface area (TPSA) is 38.7 Å². The van der Waals surface area contributed by atoms with Crippen LogP contribution in [0.25, 0.3) is 77.1 Å². The molecule has 8 aromatic rings. The third-order valence-corrected chi connectivity index (χ3v) is 7.72. The van der Waals surface area contributed by atoms with Crippen LogP contribution in [0, 0.1) is 0 Å². The van der Waals surface area contributed by atoms with Crippen molar-refractivity contribution < 1.29 is 0 Å². The molecule has 186 valence electrons. The third kappa shape index (κ3) is 3.71. The van der Waals surface area contributed by atoms with E-state index in [1.807, 2.05) is 12.3 Å². The molecule has 0 N–H and O–H groups in total. The molecule has 0 saturated heterocycles. The van der Waals surface area contributed by atoms with Crippen molar-refractivity contribution >= 4 is 43.4 Å². The fraction of sp³-hybridized carbons (Fsp3) is 0. The Kier molecular flexibility index (Phi) is 5.14. The van der Waals surface area contributed by atoms with E-state index in [1.54, 1.807) is 0 Å². The molecule has 0 aliphatic rings. The fourth-order valence-corrected chi connectivity index (χ4v) is 5.70. The number of para-hydroxylation sites is 1. The predicted octanol–water partition coefficient (Wildman–Crippen LogP) is 9.49. The number of hydrogen-bond acceptors (Lipinski definition) is 3. The predicted molar refractivity (Wildman–Crippen MR) is 166 cm³/mol. The Morgan fingerprint density at radius 1 is 0.425 bits per heavy atom. The molecule has 8 rings (SSSR count). The van der Waals surface area contributed by atoms with Crippen LogP contribution in [-0.4, -0.2) is 15.0 Å². The Morgan fingerprint density at radius 3 is 1.98 bits per heavy atom. The van der Waals surface area contributed by atoms with Gasteiger partial charge in [-0.05, 0) is 51.6 Å². The first-order valence-electron chi connectivity index (χ1n) is 13.5. The first kappa shape index (κ1) is 22.6. The molecule has 2 heterocycles. The van der Waals surface area contributed by atoms with Crippen LogP contribution in [0.1, 0.15) is 0 Å². The molecule has 3 nitrogen and oxygen atoms in total. The number of hydrogen-bond donors (Lipinski definition) is 0. The smallest absolute Gasteiger partial charge is 0.160 e. The van der Waals surface area contributed by atoms with Gasteiger partial charge in [0.25, 0.3) is 0 Å². The van der Waals surface area contributed by atoms with Crippen LogP contribution in [0.4, 0.5) is 0 Å². The molecular weight excluding hydrogens is 486 g/mol. The van der Waals surface area contributed by atoms with E-state index < -0.39 is 0 Å². The lowest BCUT2D eigenvalue weighted by atomic mass is 9.98. The van der Waals surface area contributed by atoms with Crippen LogP contribution in [0.2, 0.25) is 0 Å². The van der Waals surface area contributed by atoms with Gasteiger partial charge in [0.05, 0.1) is 16.7 Å². The van der Waals surface area contributed by atoms with Gasteiger partial charge in [0.2, 0.25) is 0 Å². The van der Waals surface area contributed by atoms with Crippen LogP contribution in [0.3, 0.4) is 0 Å². The number of rotatable bonds is 3. The Bertz CT molecular complexity index is 2210. The van der Waals surface area contributed by atoms with E-state index >= 15 is 0 Å². The average molecular weight is 510 g/mol. The lowest BCUT2D eigenvalue weighted by molar-refractivity contribution is 1.23. The van der Waals surface area contributed by atoms with Crippen molar-refractivity contribution in [3.8, 4) is 33.8 Å². The largest absolute Gasteiger partial charge is 0.256 e. The van der Waals surface area contributed by atoms with Crippen LogP contribution in [-0.2, 0) is 0 Å². The van der Waals surface area contributed by atoms with Crippen LogP contribution in [0.15, 0.2) is 140 Å². The van der Waals surface area contributed by atoms with E-state index in [4.69, 9.17) is 9.97 Å². The van der Waals surface area contributed by atoms with Gasteiger partial charge < -0.3 is 0 Å². The van der Waals surface area contributed by atoms with Gasteiger partial charge >= 0.3 is 0 Å². The molecule has 0 spiro atoms. The molecule has 40 heavy (non-hydrogen) atoms. The molecule has 2 aromatic heterocycles. The van der Waals surface area contributed by atoms with E-state index in [2.05, 4.69) is 132 Å². The van der Waals surface area contributed by atoms with E-state index in [0.29, 0.717) is 0 Å². The minimum absolute atomic E-state index is 0.721. The Labute approximate surface area is 231 Å². The quantitative estimate of drug-likeness (QED) is 0.223. The molecule has 3 heteroatoms. The first-order chi connectivity index (χ1) is 19.8. The molecular formula is C37H23N3. The maximum atomic E-state index is 5.19. The molecule has 0 atom stereocenters. The lowest BCUT2D eigenvalue weighted by Crippen LogP contribution is -1.96. The summed E-state index contributed by atoms with van der Waals surface area (Å²) in [6.45, 7) is 0. The SMILES string of the molecule is c1ccc2cc(-c3nc(-c4ccc(-c5ccnc6ccccc56)cc4)nc4c3ccc3ccccc34)ccc2c1. The van der Waals surface area contributed by atoms with Gasteiger partial charge in [-0.15, -0.1) is 0 Å². The van der Waals surface area contributed by atoms with Gasteiger partial charge in [-0.3, -0.25) is 4.98 Å².